The average Bonchev–Trinajstić information content (AvgIpc) is 2.20. The lowest BCUT2D eigenvalue weighted by Gasteiger charge is -2.26. The standard InChI is InChI=1S/C12H16FN/c1-2-4-12-10-5-3-6-11(13)9(10)7-8-14-12/h3,5-6,12,14H,2,4,7-8H2,1H3. The van der Waals surface area contributed by atoms with Crippen LogP contribution in [-0.2, 0) is 6.42 Å². The molecular weight excluding hydrogens is 177 g/mol. The van der Waals surface area contributed by atoms with E-state index < -0.39 is 0 Å². The highest BCUT2D eigenvalue weighted by Crippen LogP contribution is 2.27. The quantitative estimate of drug-likeness (QED) is 0.761. The topological polar surface area (TPSA) is 12.0 Å². The summed E-state index contributed by atoms with van der Waals surface area (Å²) in [5, 5.41) is 3.44. The highest BCUT2D eigenvalue weighted by Gasteiger charge is 2.20. The number of halogens is 1. The van der Waals surface area contributed by atoms with Crippen LogP contribution in [-0.4, -0.2) is 6.54 Å². The van der Waals surface area contributed by atoms with Crippen molar-refractivity contribution in [2.75, 3.05) is 6.54 Å². The molecule has 2 rings (SSSR count). The molecule has 14 heavy (non-hydrogen) atoms. The van der Waals surface area contributed by atoms with Crippen LogP contribution in [0.4, 0.5) is 4.39 Å². The Labute approximate surface area is 84.3 Å². The molecule has 1 N–H and O–H groups in total. The molecule has 0 saturated heterocycles. The van der Waals surface area contributed by atoms with Gasteiger partial charge in [0, 0.05) is 6.04 Å². The zero-order chi connectivity index (χ0) is 9.97. The van der Waals surface area contributed by atoms with Crippen molar-refractivity contribution >= 4 is 0 Å². The third kappa shape index (κ3) is 1.67. The smallest absolute Gasteiger partial charge is 0.126 e. The van der Waals surface area contributed by atoms with Crippen molar-refractivity contribution in [3.8, 4) is 0 Å². The normalized spacial score (nSPS) is 20.6. The first-order valence-corrected chi connectivity index (χ1v) is 5.33. The van der Waals surface area contributed by atoms with Crippen LogP contribution in [0.25, 0.3) is 0 Å². The van der Waals surface area contributed by atoms with E-state index in [1.807, 2.05) is 12.1 Å². The molecule has 1 aliphatic rings. The summed E-state index contributed by atoms with van der Waals surface area (Å²) in [6.45, 7) is 3.06. The highest BCUT2D eigenvalue weighted by atomic mass is 19.1. The fourth-order valence-corrected chi connectivity index (χ4v) is 2.19. The van der Waals surface area contributed by atoms with Crippen molar-refractivity contribution in [3.63, 3.8) is 0 Å². The Morgan fingerprint density at radius 2 is 2.36 bits per heavy atom. The van der Waals surface area contributed by atoms with E-state index in [0.717, 1.165) is 36.9 Å². The van der Waals surface area contributed by atoms with E-state index in [4.69, 9.17) is 0 Å². The van der Waals surface area contributed by atoms with Gasteiger partial charge in [-0.1, -0.05) is 25.5 Å². The molecule has 0 saturated carbocycles. The van der Waals surface area contributed by atoms with Crippen molar-refractivity contribution < 1.29 is 4.39 Å². The van der Waals surface area contributed by atoms with Crippen LogP contribution in [0, 0.1) is 5.82 Å². The predicted molar refractivity (Wildman–Crippen MR) is 55.8 cm³/mol. The molecule has 0 radical (unpaired) electrons. The maximum absolute atomic E-state index is 13.5. The maximum Gasteiger partial charge on any atom is 0.126 e. The molecule has 1 unspecified atom stereocenters. The molecule has 2 heteroatoms. The van der Waals surface area contributed by atoms with Gasteiger partial charge in [0.25, 0.3) is 0 Å². The molecule has 0 spiro atoms. The van der Waals surface area contributed by atoms with Gasteiger partial charge in [-0.2, -0.15) is 0 Å². The molecule has 76 valence electrons. The van der Waals surface area contributed by atoms with Crippen LogP contribution in [0.1, 0.15) is 36.9 Å². The fraction of sp³-hybridized carbons (Fsp3) is 0.500. The van der Waals surface area contributed by atoms with Crippen molar-refractivity contribution in [1.82, 2.24) is 5.32 Å². The lowest BCUT2D eigenvalue weighted by Crippen LogP contribution is -2.30. The highest BCUT2D eigenvalue weighted by molar-refractivity contribution is 5.33. The Morgan fingerprint density at radius 3 is 3.14 bits per heavy atom. The van der Waals surface area contributed by atoms with Crippen molar-refractivity contribution in [1.29, 1.82) is 0 Å². The first-order chi connectivity index (χ1) is 6.83. The van der Waals surface area contributed by atoms with Gasteiger partial charge in [0.15, 0.2) is 0 Å². The Kier molecular flexibility index (Phi) is 2.82. The molecule has 1 aliphatic heterocycles. The molecular formula is C12H16FN. The van der Waals surface area contributed by atoms with E-state index in [1.165, 1.54) is 0 Å². The summed E-state index contributed by atoms with van der Waals surface area (Å²) in [5.74, 6) is -0.0369. The van der Waals surface area contributed by atoms with Gasteiger partial charge in [-0.3, -0.25) is 0 Å². The van der Waals surface area contributed by atoms with Gasteiger partial charge in [-0.05, 0) is 36.6 Å². The van der Waals surface area contributed by atoms with Gasteiger partial charge in [-0.15, -0.1) is 0 Å². The van der Waals surface area contributed by atoms with E-state index >= 15 is 0 Å². The minimum atomic E-state index is -0.0369. The SMILES string of the molecule is CCCC1NCCc2c(F)cccc21. The van der Waals surface area contributed by atoms with Crippen LogP contribution in [0.15, 0.2) is 18.2 Å². The van der Waals surface area contributed by atoms with Crippen molar-refractivity contribution in [2.45, 2.75) is 32.2 Å². The second-order valence-corrected chi connectivity index (χ2v) is 3.85. The van der Waals surface area contributed by atoms with E-state index in [9.17, 15) is 4.39 Å². The van der Waals surface area contributed by atoms with E-state index in [1.54, 1.807) is 6.07 Å². The van der Waals surface area contributed by atoms with Crippen LogP contribution in [0.2, 0.25) is 0 Å². The zero-order valence-corrected chi connectivity index (χ0v) is 8.52. The minimum absolute atomic E-state index is 0.0369. The van der Waals surface area contributed by atoms with Crippen LogP contribution in [0.3, 0.4) is 0 Å². The second-order valence-electron chi connectivity index (χ2n) is 3.85. The van der Waals surface area contributed by atoms with E-state index in [-0.39, 0.29) is 5.82 Å². The summed E-state index contributed by atoms with van der Waals surface area (Å²) in [5.41, 5.74) is 2.09. The van der Waals surface area contributed by atoms with Crippen LogP contribution in [0.5, 0.6) is 0 Å². The maximum atomic E-state index is 13.5. The van der Waals surface area contributed by atoms with Gasteiger partial charge >= 0.3 is 0 Å². The minimum Gasteiger partial charge on any atom is -0.310 e. The third-order valence-electron chi connectivity index (χ3n) is 2.87. The number of benzene rings is 1. The van der Waals surface area contributed by atoms with Gasteiger partial charge < -0.3 is 5.32 Å². The molecule has 0 bridgehead atoms. The number of fused-ring (bicyclic) bond motifs is 1. The van der Waals surface area contributed by atoms with Crippen molar-refractivity contribution in [3.05, 3.63) is 35.1 Å². The largest absolute Gasteiger partial charge is 0.310 e. The van der Waals surface area contributed by atoms with Gasteiger partial charge in [0.2, 0.25) is 0 Å². The number of hydrogen-bond acceptors (Lipinski definition) is 1. The number of nitrogens with one attached hydrogen (secondary N) is 1. The predicted octanol–water partition coefficient (Wildman–Crippen LogP) is 2.81. The average molecular weight is 193 g/mol. The first-order valence-electron chi connectivity index (χ1n) is 5.33. The van der Waals surface area contributed by atoms with E-state index in [2.05, 4.69) is 12.2 Å². The molecule has 0 fully saturated rings. The van der Waals surface area contributed by atoms with Gasteiger partial charge in [-0.25, -0.2) is 4.39 Å². The molecule has 0 aliphatic carbocycles. The Balaban J connectivity index is 2.34. The monoisotopic (exact) mass is 193 g/mol. The summed E-state index contributed by atoms with van der Waals surface area (Å²) in [6.07, 6.45) is 3.05. The number of rotatable bonds is 2. The van der Waals surface area contributed by atoms with Gasteiger partial charge in [0.05, 0.1) is 0 Å². The Bertz CT molecular complexity index is 322. The summed E-state index contributed by atoms with van der Waals surface area (Å²) in [4.78, 5) is 0. The lowest BCUT2D eigenvalue weighted by molar-refractivity contribution is 0.458. The first kappa shape index (κ1) is 9.66. The van der Waals surface area contributed by atoms with Crippen molar-refractivity contribution in [2.24, 2.45) is 0 Å². The third-order valence-corrected chi connectivity index (χ3v) is 2.87. The molecule has 0 aromatic heterocycles. The Morgan fingerprint density at radius 1 is 1.50 bits per heavy atom. The molecule has 1 aromatic carbocycles. The molecule has 0 amide bonds. The molecule has 1 nitrogen and oxygen atoms in total. The number of hydrogen-bond donors (Lipinski definition) is 1. The summed E-state index contributed by atoms with van der Waals surface area (Å²) >= 11 is 0. The second kappa shape index (κ2) is 4.09. The van der Waals surface area contributed by atoms with Crippen LogP contribution < -0.4 is 5.32 Å². The zero-order valence-electron chi connectivity index (χ0n) is 8.52. The summed E-state index contributed by atoms with van der Waals surface area (Å²) in [7, 11) is 0. The van der Waals surface area contributed by atoms with E-state index in [0.29, 0.717) is 6.04 Å². The molecule has 1 heterocycles. The van der Waals surface area contributed by atoms with Crippen LogP contribution >= 0.6 is 0 Å². The molecule has 1 aromatic rings. The lowest BCUT2D eigenvalue weighted by atomic mass is 9.91. The Hall–Kier alpha value is -0.890. The van der Waals surface area contributed by atoms with Gasteiger partial charge in [0.1, 0.15) is 5.82 Å². The summed E-state index contributed by atoms with van der Waals surface area (Å²) < 4.78 is 13.5. The summed E-state index contributed by atoms with van der Waals surface area (Å²) in [6, 6.07) is 5.78. The fourth-order valence-electron chi connectivity index (χ4n) is 2.19. The molecule has 1 atom stereocenters.